The molecule has 3 N–H and O–H groups in total. The van der Waals surface area contributed by atoms with Gasteiger partial charge in [0.2, 0.25) is 0 Å². The Morgan fingerprint density at radius 3 is 2.68 bits per heavy atom. The molecule has 11 heteroatoms. The summed E-state index contributed by atoms with van der Waals surface area (Å²) in [6.07, 6.45) is 3.00. The second kappa shape index (κ2) is 10.1. The molecule has 0 aliphatic heterocycles. The van der Waals surface area contributed by atoms with Crippen LogP contribution in [0.25, 0.3) is 0 Å². The second-order valence-electron chi connectivity index (χ2n) is 5.19. The quantitative estimate of drug-likeness (QED) is 0.547. The van der Waals surface area contributed by atoms with E-state index in [0.717, 1.165) is 37.0 Å². The Balaban J connectivity index is 2.87. The van der Waals surface area contributed by atoms with Gasteiger partial charge in [-0.2, -0.15) is 0 Å². The van der Waals surface area contributed by atoms with Gasteiger partial charge in [0.25, 0.3) is 10.0 Å². The van der Waals surface area contributed by atoms with E-state index >= 15 is 0 Å². The molecule has 0 radical (unpaired) electrons. The summed E-state index contributed by atoms with van der Waals surface area (Å²) in [4.78, 5) is 11.4. The van der Waals surface area contributed by atoms with Crippen LogP contribution in [0.4, 0.5) is 10.5 Å². The molecule has 0 saturated carbocycles. The number of carbonyl (C=O) groups excluding carboxylic acids is 1. The third-order valence-corrected chi connectivity index (χ3v) is 6.79. The second-order valence-corrected chi connectivity index (χ2v) is 9.16. The van der Waals surface area contributed by atoms with Crippen molar-refractivity contribution in [2.24, 2.45) is 0 Å². The van der Waals surface area contributed by atoms with Crippen LogP contribution in [0.3, 0.4) is 0 Å². The lowest BCUT2D eigenvalue weighted by Crippen LogP contribution is -2.44. The number of ether oxygens (including phenoxy) is 1. The minimum atomic E-state index is -3.99. The molecule has 1 atom stereocenters. The number of anilines is 1. The van der Waals surface area contributed by atoms with Gasteiger partial charge >= 0.3 is 6.09 Å². The summed E-state index contributed by atoms with van der Waals surface area (Å²) in [6.45, 7) is 4.09. The molecule has 1 heterocycles. The van der Waals surface area contributed by atoms with Crippen molar-refractivity contribution < 1.29 is 17.9 Å². The number of carbonyl (C=O) groups is 1. The average molecular weight is 428 g/mol. The van der Waals surface area contributed by atoms with Crippen LogP contribution in [-0.2, 0) is 14.8 Å². The highest BCUT2D eigenvalue weighted by atomic mass is 35.5. The molecule has 0 saturated heterocycles. The summed E-state index contributed by atoms with van der Waals surface area (Å²) in [5.41, 5.74) is 0.0372. The molecule has 1 aromatic heterocycles. The first-order valence-electron chi connectivity index (χ1n) is 7.71. The summed E-state index contributed by atoms with van der Waals surface area (Å²) in [5.74, 6) is 0. The number of amides is 1. The van der Waals surface area contributed by atoms with Crippen molar-refractivity contribution in [1.29, 1.82) is 0 Å². The SMILES string of the molecule is CCCCC(CC)NC(=S)NS(=O)(=O)c1sc(Cl)cc1NC(=O)OC. The number of sulfonamides is 1. The van der Waals surface area contributed by atoms with Crippen LogP contribution in [0.15, 0.2) is 10.3 Å². The summed E-state index contributed by atoms with van der Waals surface area (Å²) in [6, 6.07) is 1.43. The lowest BCUT2D eigenvalue weighted by Gasteiger charge is -2.19. The molecule has 0 aromatic carbocycles. The molecule has 142 valence electrons. The van der Waals surface area contributed by atoms with Crippen LogP contribution < -0.4 is 15.4 Å². The van der Waals surface area contributed by atoms with Gasteiger partial charge in [0.1, 0.15) is 0 Å². The standard InChI is InChI=1S/C14H22ClN3O4S3/c1-4-6-7-9(5-2)16-13(23)18-25(20,21)12-10(8-11(15)24-12)17-14(19)22-3/h8-9H,4-7H2,1-3H3,(H,17,19)(H2,16,18,23). The zero-order valence-corrected chi connectivity index (χ0v) is 17.4. The van der Waals surface area contributed by atoms with E-state index in [-0.39, 0.29) is 25.4 Å². The summed E-state index contributed by atoms with van der Waals surface area (Å²) in [7, 11) is -2.81. The first-order chi connectivity index (χ1) is 11.7. The number of hydrogen-bond donors (Lipinski definition) is 3. The van der Waals surface area contributed by atoms with E-state index in [9.17, 15) is 13.2 Å². The molecule has 0 spiro atoms. The van der Waals surface area contributed by atoms with Crippen LogP contribution in [-0.4, -0.2) is 32.8 Å². The van der Waals surface area contributed by atoms with Gasteiger partial charge in [-0.1, -0.05) is 38.3 Å². The summed E-state index contributed by atoms with van der Waals surface area (Å²) < 4.78 is 32.0. The lowest BCUT2D eigenvalue weighted by molar-refractivity contribution is 0.187. The number of thiophene rings is 1. The third-order valence-electron chi connectivity index (χ3n) is 3.30. The van der Waals surface area contributed by atoms with Gasteiger partial charge in [0.05, 0.1) is 17.1 Å². The van der Waals surface area contributed by atoms with Crippen molar-refractivity contribution >= 4 is 62.1 Å². The van der Waals surface area contributed by atoms with Crippen molar-refractivity contribution in [3.8, 4) is 0 Å². The Bertz CT molecular complexity index is 706. The fraction of sp³-hybridized carbons (Fsp3) is 0.571. The van der Waals surface area contributed by atoms with Crippen LogP contribution >= 0.6 is 35.2 Å². The molecule has 7 nitrogen and oxygen atoms in total. The van der Waals surface area contributed by atoms with Crippen molar-refractivity contribution in [2.45, 2.75) is 49.8 Å². The van der Waals surface area contributed by atoms with Crippen molar-refractivity contribution in [1.82, 2.24) is 10.0 Å². The highest BCUT2D eigenvalue weighted by Gasteiger charge is 2.25. The Morgan fingerprint density at radius 2 is 2.12 bits per heavy atom. The number of unbranched alkanes of at least 4 members (excludes halogenated alkanes) is 1. The van der Waals surface area contributed by atoms with E-state index in [0.29, 0.717) is 0 Å². The number of hydrogen-bond acceptors (Lipinski definition) is 6. The summed E-state index contributed by atoms with van der Waals surface area (Å²) in [5, 5.41) is 5.34. The molecular weight excluding hydrogens is 406 g/mol. The van der Waals surface area contributed by atoms with Crippen molar-refractivity contribution in [2.75, 3.05) is 12.4 Å². The maximum atomic E-state index is 12.6. The Hall–Kier alpha value is -1.10. The third kappa shape index (κ3) is 6.96. The first kappa shape index (κ1) is 21.9. The zero-order chi connectivity index (χ0) is 19.0. The zero-order valence-electron chi connectivity index (χ0n) is 14.2. The maximum absolute atomic E-state index is 12.6. The van der Waals surface area contributed by atoms with E-state index in [1.165, 1.54) is 13.2 Å². The number of methoxy groups -OCH3 is 1. The van der Waals surface area contributed by atoms with Gasteiger partial charge in [-0.05, 0) is 31.1 Å². The van der Waals surface area contributed by atoms with Crippen LogP contribution in [0, 0.1) is 0 Å². The number of rotatable bonds is 8. The highest BCUT2D eigenvalue weighted by molar-refractivity contribution is 7.93. The first-order valence-corrected chi connectivity index (χ1v) is 10.8. The van der Waals surface area contributed by atoms with Crippen LogP contribution in [0.2, 0.25) is 4.34 Å². The van der Waals surface area contributed by atoms with Gasteiger partial charge in [-0.15, -0.1) is 11.3 Å². The van der Waals surface area contributed by atoms with E-state index in [1.54, 1.807) is 0 Å². The molecule has 1 amide bonds. The monoisotopic (exact) mass is 427 g/mol. The molecule has 1 aromatic rings. The van der Waals surface area contributed by atoms with Crippen molar-refractivity contribution in [3.63, 3.8) is 0 Å². The van der Waals surface area contributed by atoms with Crippen LogP contribution in [0.5, 0.6) is 0 Å². The van der Waals surface area contributed by atoms with E-state index in [4.69, 9.17) is 23.8 Å². The molecular formula is C14H22ClN3O4S3. The predicted molar refractivity (Wildman–Crippen MR) is 105 cm³/mol. The minimum Gasteiger partial charge on any atom is -0.453 e. The number of nitrogens with one attached hydrogen (secondary N) is 3. The van der Waals surface area contributed by atoms with E-state index in [2.05, 4.69) is 27.0 Å². The van der Waals surface area contributed by atoms with Gasteiger partial charge in [-0.3, -0.25) is 10.0 Å². The summed E-state index contributed by atoms with van der Waals surface area (Å²) >= 11 is 11.8. The average Bonchev–Trinajstić information content (AvgIpc) is 2.92. The molecule has 1 unspecified atom stereocenters. The molecule has 0 aliphatic carbocycles. The number of thiocarbonyl (C=S) groups is 1. The Kier molecular flexibility index (Phi) is 8.91. The normalized spacial score (nSPS) is 12.3. The smallest absolute Gasteiger partial charge is 0.411 e. The Labute approximate surface area is 162 Å². The maximum Gasteiger partial charge on any atom is 0.411 e. The van der Waals surface area contributed by atoms with Gasteiger partial charge < -0.3 is 10.1 Å². The topological polar surface area (TPSA) is 96.5 Å². The molecule has 0 bridgehead atoms. The predicted octanol–water partition coefficient (Wildman–Crippen LogP) is 3.70. The molecule has 0 fully saturated rings. The lowest BCUT2D eigenvalue weighted by atomic mass is 10.1. The van der Waals surface area contributed by atoms with Gasteiger partial charge in [-0.25, -0.2) is 13.2 Å². The van der Waals surface area contributed by atoms with Gasteiger partial charge in [0.15, 0.2) is 9.32 Å². The fourth-order valence-electron chi connectivity index (χ4n) is 2.01. The van der Waals surface area contributed by atoms with E-state index < -0.39 is 16.1 Å². The fourth-order valence-corrected chi connectivity index (χ4v) is 5.18. The van der Waals surface area contributed by atoms with Crippen LogP contribution in [0.1, 0.15) is 39.5 Å². The molecule has 0 aliphatic rings. The Morgan fingerprint density at radius 1 is 1.44 bits per heavy atom. The number of halogens is 1. The molecule has 1 rings (SSSR count). The van der Waals surface area contributed by atoms with Gasteiger partial charge in [0, 0.05) is 6.04 Å². The van der Waals surface area contributed by atoms with E-state index in [1.807, 2.05) is 6.92 Å². The molecule has 25 heavy (non-hydrogen) atoms. The highest BCUT2D eigenvalue weighted by Crippen LogP contribution is 2.34. The van der Waals surface area contributed by atoms with Crippen molar-refractivity contribution in [3.05, 3.63) is 10.4 Å². The minimum absolute atomic E-state index is 0.0106. The largest absolute Gasteiger partial charge is 0.453 e.